The first-order chi connectivity index (χ1) is 15.0. The fourth-order valence-electron chi connectivity index (χ4n) is 3.49. The fourth-order valence-corrected chi connectivity index (χ4v) is 5.81. The molecule has 4 aromatic rings. The van der Waals surface area contributed by atoms with Gasteiger partial charge in [0.15, 0.2) is 5.16 Å². The summed E-state index contributed by atoms with van der Waals surface area (Å²) >= 11 is 2.94. The molecule has 2 aromatic carbocycles. The van der Waals surface area contributed by atoms with Crippen LogP contribution in [-0.4, -0.2) is 16.7 Å². The van der Waals surface area contributed by atoms with Crippen LogP contribution in [0.3, 0.4) is 0 Å². The highest BCUT2D eigenvalue weighted by atomic mass is 32.2. The average Bonchev–Trinajstić information content (AvgIpc) is 3.09. The average molecular weight is 455 g/mol. The predicted molar refractivity (Wildman–Crippen MR) is 126 cm³/mol. The van der Waals surface area contributed by atoms with Gasteiger partial charge in [0.25, 0.3) is 5.56 Å². The van der Waals surface area contributed by atoms with Crippen LogP contribution in [0.25, 0.3) is 15.9 Å². The van der Waals surface area contributed by atoms with Crippen molar-refractivity contribution in [3.8, 4) is 11.4 Å². The first-order valence-corrected chi connectivity index (χ1v) is 11.9. The van der Waals surface area contributed by atoms with Crippen LogP contribution in [0.4, 0.5) is 4.39 Å². The number of thioether (sulfide) groups is 1. The monoisotopic (exact) mass is 454 g/mol. The quantitative estimate of drug-likeness (QED) is 0.248. The molecule has 7 heteroatoms. The standard InChI is InChI=1S/C24H23FN2O2S2/c1-4-7-20-15(2)21-22(31-20)26-24(30-14-16-8-5-6-9-19(16)25)27(23(21)28)17-10-12-18(29-3)13-11-17/h5-6,8-13H,4,7,14H2,1-3H3. The number of aryl methyl sites for hydroxylation is 2. The molecule has 0 saturated heterocycles. The van der Waals surface area contributed by atoms with E-state index in [2.05, 4.69) is 6.92 Å². The number of thiophene rings is 1. The van der Waals surface area contributed by atoms with Gasteiger partial charge in [-0.25, -0.2) is 9.37 Å². The summed E-state index contributed by atoms with van der Waals surface area (Å²) < 4.78 is 21.0. The van der Waals surface area contributed by atoms with Crippen LogP contribution in [0.2, 0.25) is 0 Å². The van der Waals surface area contributed by atoms with E-state index in [-0.39, 0.29) is 11.4 Å². The van der Waals surface area contributed by atoms with E-state index in [0.717, 1.165) is 23.2 Å². The van der Waals surface area contributed by atoms with Gasteiger partial charge in [-0.3, -0.25) is 9.36 Å². The lowest BCUT2D eigenvalue weighted by Gasteiger charge is -2.13. The lowest BCUT2D eigenvalue weighted by molar-refractivity contribution is 0.414. The second-order valence-corrected chi connectivity index (χ2v) is 9.22. The van der Waals surface area contributed by atoms with Gasteiger partial charge in [-0.05, 0) is 54.8 Å². The van der Waals surface area contributed by atoms with Gasteiger partial charge in [-0.15, -0.1) is 11.3 Å². The summed E-state index contributed by atoms with van der Waals surface area (Å²) in [6.07, 6.45) is 1.93. The Morgan fingerprint density at radius 2 is 1.90 bits per heavy atom. The van der Waals surface area contributed by atoms with Gasteiger partial charge in [0.2, 0.25) is 0 Å². The van der Waals surface area contributed by atoms with E-state index in [0.29, 0.717) is 33.3 Å². The summed E-state index contributed by atoms with van der Waals surface area (Å²) in [7, 11) is 1.61. The van der Waals surface area contributed by atoms with Gasteiger partial charge in [0.05, 0.1) is 18.2 Å². The second-order valence-electron chi connectivity index (χ2n) is 7.19. The zero-order valence-corrected chi connectivity index (χ0v) is 19.3. The first kappa shape index (κ1) is 21.6. The molecule has 0 bridgehead atoms. The predicted octanol–water partition coefficient (Wildman–Crippen LogP) is 6.15. The molecule has 160 valence electrons. The third kappa shape index (κ3) is 4.25. The van der Waals surface area contributed by atoms with Gasteiger partial charge in [-0.1, -0.05) is 43.3 Å². The van der Waals surface area contributed by atoms with Gasteiger partial charge < -0.3 is 4.74 Å². The van der Waals surface area contributed by atoms with Crippen molar-refractivity contribution in [2.75, 3.05) is 7.11 Å². The molecular weight excluding hydrogens is 431 g/mol. The van der Waals surface area contributed by atoms with Crippen molar-refractivity contribution >= 4 is 33.3 Å². The highest BCUT2D eigenvalue weighted by Gasteiger charge is 2.19. The van der Waals surface area contributed by atoms with Crippen LogP contribution < -0.4 is 10.3 Å². The van der Waals surface area contributed by atoms with E-state index in [9.17, 15) is 9.18 Å². The fraction of sp³-hybridized carbons (Fsp3) is 0.250. The molecular formula is C24H23FN2O2S2. The first-order valence-electron chi connectivity index (χ1n) is 10.1. The highest BCUT2D eigenvalue weighted by molar-refractivity contribution is 7.98. The van der Waals surface area contributed by atoms with E-state index in [1.54, 1.807) is 35.1 Å². The highest BCUT2D eigenvalue weighted by Crippen LogP contribution is 2.32. The Kier molecular flexibility index (Phi) is 6.43. The van der Waals surface area contributed by atoms with Crippen LogP contribution >= 0.6 is 23.1 Å². The molecule has 4 nitrogen and oxygen atoms in total. The minimum Gasteiger partial charge on any atom is -0.497 e. The van der Waals surface area contributed by atoms with Gasteiger partial charge in [0, 0.05) is 10.6 Å². The summed E-state index contributed by atoms with van der Waals surface area (Å²) in [6.45, 7) is 4.13. The zero-order chi connectivity index (χ0) is 22.0. The summed E-state index contributed by atoms with van der Waals surface area (Å²) in [5.74, 6) is 0.836. The largest absolute Gasteiger partial charge is 0.497 e. The Labute approximate surface area is 188 Å². The number of halogens is 1. The number of ether oxygens (including phenoxy) is 1. The molecule has 0 aliphatic rings. The van der Waals surface area contributed by atoms with Crippen LogP contribution in [0.5, 0.6) is 5.75 Å². The Morgan fingerprint density at radius 1 is 1.16 bits per heavy atom. The summed E-state index contributed by atoms with van der Waals surface area (Å²) in [4.78, 5) is 20.4. The van der Waals surface area contributed by atoms with E-state index >= 15 is 0 Å². The maximum Gasteiger partial charge on any atom is 0.267 e. The number of benzene rings is 2. The van der Waals surface area contributed by atoms with Crippen molar-refractivity contribution in [3.05, 3.63) is 80.7 Å². The number of aromatic nitrogens is 2. The van der Waals surface area contributed by atoms with Crippen molar-refractivity contribution in [1.82, 2.24) is 9.55 Å². The number of nitrogens with zero attached hydrogens (tertiary/aromatic N) is 2. The maximum atomic E-state index is 14.2. The molecule has 0 spiro atoms. The van der Waals surface area contributed by atoms with Crippen LogP contribution in [-0.2, 0) is 12.2 Å². The second kappa shape index (κ2) is 9.24. The van der Waals surface area contributed by atoms with Crippen LogP contribution in [0, 0.1) is 12.7 Å². The van der Waals surface area contributed by atoms with Crippen molar-refractivity contribution in [2.45, 2.75) is 37.6 Å². The Morgan fingerprint density at radius 3 is 2.58 bits per heavy atom. The molecule has 2 heterocycles. The normalized spacial score (nSPS) is 11.2. The number of fused-ring (bicyclic) bond motifs is 1. The molecule has 0 amide bonds. The topological polar surface area (TPSA) is 44.1 Å². The molecule has 0 atom stereocenters. The van der Waals surface area contributed by atoms with E-state index in [4.69, 9.17) is 9.72 Å². The Bertz CT molecular complexity index is 1280. The number of hydrogen-bond acceptors (Lipinski definition) is 5. The lowest BCUT2D eigenvalue weighted by atomic mass is 10.1. The molecule has 0 aliphatic heterocycles. The number of rotatable bonds is 7. The van der Waals surface area contributed by atoms with Crippen molar-refractivity contribution in [3.63, 3.8) is 0 Å². The van der Waals surface area contributed by atoms with Crippen molar-refractivity contribution < 1.29 is 9.13 Å². The van der Waals surface area contributed by atoms with Crippen LogP contribution in [0.1, 0.15) is 29.3 Å². The van der Waals surface area contributed by atoms with E-state index < -0.39 is 0 Å². The molecule has 4 rings (SSSR count). The minimum atomic E-state index is -0.258. The lowest BCUT2D eigenvalue weighted by Crippen LogP contribution is -2.21. The molecule has 0 fully saturated rings. The van der Waals surface area contributed by atoms with Crippen molar-refractivity contribution in [1.29, 1.82) is 0 Å². The summed E-state index contributed by atoms with van der Waals surface area (Å²) in [5, 5.41) is 1.22. The van der Waals surface area contributed by atoms with E-state index in [1.165, 1.54) is 22.7 Å². The molecule has 0 N–H and O–H groups in total. The van der Waals surface area contributed by atoms with E-state index in [1.807, 2.05) is 37.3 Å². The minimum absolute atomic E-state index is 0.0951. The Hall–Kier alpha value is -2.64. The number of methoxy groups -OCH3 is 1. The summed E-state index contributed by atoms with van der Waals surface area (Å²) in [5.41, 5.74) is 2.20. The molecule has 0 aliphatic carbocycles. The van der Waals surface area contributed by atoms with Crippen molar-refractivity contribution in [2.24, 2.45) is 0 Å². The zero-order valence-electron chi connectivity index (χ0n) is 17.6. The van der Waals surface area contributed by atoms with Gasteiger partial charge in [0.1, 0.15) is 16.4 Å². The molecule has 0 radical (unpaired) electrons. The summed E-state index contributed by atoms with van der Waals surface area (Å²) in [6, 6.07) is 14.0. The maximum absolute atomic E-state index is 14.2. The molecule has 2 aromatic heterocycles. The van der Waals surface area contributed by atoms with Crippen LogP contribution in [0.15, 0.2) is 58.5 Å². The van der Waals surface area contributed by atoms with Gasteiger partial charge >= 0.3 is 0 Å². The number of hydrogen-bond donors (Lipinski definition) is 0. The smallest absolute Gasteiger partial charge is 0.267 e. The molecule has 0 saturated carbocycles. The third-order valence-electron chi connectivity index (χ3n) is 5.15. The molecule has 31 heavy (non-hydrogen) atoms. The van der Waals surface area contributed by atoms with Gasteiger partial charge in [-0.2, -0.15) is 0 Å². The third-order valence-corrected chi connectivity index (χ3v) is 7.39. The molecule has 0 unspecified atom stereocenters. The Balaban J connectivity index is 1.87. The SMILES string of the molecule is CCCc1sc2nc(SCc3ccccc3F)n(-c3ccc(OC)cc3)c(=O)c2c1C.